The number of carboxylic acids is 1. The van der Waals surface area contributed by atoms with Gasteiger partial charge in [-0.05, 0) is 49.3 Å². The zero-order valence-corrected chi connectivity index (χ0v) is 12.8. The lowest BCUT2D eigenvalue weighted by molar-refractivity contribution is -0.139. The van der Waals surface area contributed by atoms with Gasteiger partial charge in [0.25, 0.3) is 0 Å². The molecule has 4 nitrogen and oxygen atoms in total. The van der Waals surface area contributed by atoms with Crippen LogP contribution in [0.5, 0.6) is 11.5 Å². The van der Waals surface area contributed by atoms with Crippen molar-refractivity contribution in [3.05, 3.63) is 35.4 Å². The number of hydrogen-bond donors (Lipinski definition) is 1. The highest BCUT2D eigenvalue weighted by Gasteiger charge is 2.30. The van der Waals surface area contributed by atoms with Gasteiger partial charge < -0.3 is 14.6 Å². The molecule has 21 heavy (non-hydrogen) atoms. The van der Waals surface area contributed by atoms with Crippen molar-refractivity contribution in [3.63, 3.8) is 0 Å². The number of ether oxygens (including phenoxy) is 2. The lowest BCUT2D eigenvalue weighted by atomic mass is 9.80. The van der Waals surface area contributed by atoms with Crippen LogP contribution >= 0.6 is 0 Å². The standard InChI is InChI=1S/C17H22O4/c1-11-9-13(10-14(20-2)16(11)21-3)15(17(18)19)12-7-5-4-6-8-12/h5,7,9-10,12,15H,4,6,8H2,1-3H3,(H,18,19)/t12?,15-/m0/s1. The zero-order valence-electron chi connectivity index (χ0n) is 12.8. The molecule has 1 aromatic carbocycles. The van der Waals surface area contributed by atoms with Crippen LogP contribution < -0.4 is 9.47 Å². The van der Waals surface area contributed by atoms with Gasteiger partial charge in [0, 0.05) is 0 Å². The smallest absolute Gasteiger partial charge is 0.311 e. The number of allylic oxidation sites excluding steroid dienone is 2. The highest BCUT2D eigenvalue weighted by Crippen LogP contribution is 2.39. The van der Waals surface area contributed by atoms with Crippen molar-refractivity contribution in [1.82, 2.24) is 0 Å². The van der Waals surface area contributed by atoms with E-state index >= 15 is 0 Å². The third-order valence-corrected chi connectivity index (χ3v) is 4.03. The normalized spacial score (nSPS) is 19.1. The van der Waals surface area contributed by atoms with Gasteiger partial charge in [-0.1, -0.05) is 18.2 Å². The average molecular weight is 290 g/mol. The summed E-state index contributed by atoms with van der Waals surface area (Å²) in [4.78, 5) is 11.8. The minimum Gasteiger partial charge on any atom is -0.493 e. The number of carboxylic acid groups (broad SMARTS) is 1. The summed E-state index contributed by atoms with van der Waals surface area (Å²) in [5.74, 6) is -0.0601. The number of hydrogen-bond acceptors (Lipinski definition) is 3. The second-order valence-corrected chi connectivity index (χ2v) is 5.41. The van der Waals surface area contributed by atoms with Crippen LogP contribution in [0.3, 0.4) is 0 Å². The van der Waals surface area contributed by atoms with Crippen molar-refractivity contribution in [2.45, 2.75) is 32.1 Å². The average Bonchev–Trinajstić information content (AvgIpc) is 2.47. The maximum atomic E-state index is 11.8. The highest BCUT2D eigenvalue weighted by atomic mass is 16.5. The summed E-state index contributed by atoms with van der Waals surface area (Å²) >= 11 is 0. The number of carbonyl (C=O) groups is 1. The molecule has 1 aliphatic rings. The van der Waals surface area contributed by atoms with Crippen LogP contribution in [0.25, 0.3) is 0 Å². The van der Waals surface area contributed by atoms with Gasteiger partial charge in [0.2, 0.25) is 0 Å². The molecule has 1 N–H and O–H groups in total. The van der Waals surface area contributed by atoms with Crippen molar-refractivity contribution in [3.8, 4) is 11.5 Å². The number of methoxy groups -OCH3 is 2. The van der Waals surface area contributed by atoms with Crippen LogP contribution in [0.1, 0.15) is 36.3 Å². The molecule has 0 aliphatic heterocycles. The number of benzene rings is 1. The van der Waals surface area contributed by atoms with Crippen LogP contribution in [0.4, 0.5) is 0 Å². The molecule has 0 amide bonds. The molecule has 0 spiro atoms. The van der Waals surface area contributed by atoms with Crippen molar-refractivity contribution in [2.75, 3.05) is 14.2 Å². The Morgan fingerprint density at radius 1 is 1.33 bits per heavy atom. The Morgan fingerprint density at radius 2 is 2.10 bits per heavy atom. The van der Waals surface area contributed by atoms with E-state index in [2.05, 4.69) is 6.08 Å². The van der Waals surface area contributed by atoms with E-state index in [0.717, 1.165) is 30.4 Å². The fourth-order valence-corrected chi connectivity index (χ4v) is 3.05. The molecule has 2 atom stereocenters. The Balaban J connectivity index is 2.45. The van der Waals surface area contributed by atoms with Crippen LogP contribution in [0.2, 0.25) is 0 Å². The van der Waals surface area contributed by atoms with E-state index in [1.54, 1.807) is 20.3 Å². The van der Waals surface area contributed by atoms with Gasteiger partial charge in [-0.3, -0.25) is 4.79 Å². The summed E-state index contributed by atoms with van der Waals surface area (Å²) in [6.45, 7) is 1.90. The maximum Gasteiger partial charge on any atom is 0.311 e. The first kappa shape index (κ1) is 15.4. The van der Waals surface area contributed by atoms with Gasteiger partial charge in [-0.15, -0.1) is 0 Å². The van der Waals surface area contributed by atoms with Crippen LogP contribution in [-0.4, -0.2) is 25.3 Å². The van der Waals surface area contributed by atoms with E-state index < -0.39 is 11.9 Å². The summed E-state index contributed by atoms with van der Waals surface area (Å²) in [7, 11) is 3.15. The summed E-state index contributed by atoms with van der Waals surface area (Å²) < 4.78 is 10.7. The molecule has 0 aromatic heterocycles. The Kier molecular flexibility index (Phi) is 4.89. The lowest BCUT2D eigenvalue weighted by Gasteiger charge is -2.25. The Bertz CT molecular complexity index is 548. The second kappa shape index (κ2) is 6.66. The topological polar surface area (TPSA) is 55.8 Å². The van der Waals surface area contributed by atoms with Gasteiger partial charge >= 0.3 is 5.97 Å². The summed E-state index contributed by atoms with van der Waals surface area (Å²) in [5.41, 5.74) is 1.66. The molecule has 114 valence electrons. The fourth-order valence-electron chi connectivity index (χ4n) is 3.05. The van der Waals surface area contributed by atoms with Crippen LogP contribution in [-0.2, 0) is 4.79 Å². The Labute approximate surface area is 125 Å². The van der Waals surface area contributed by atoms with E-state index in [-0.39, 0.29) is 5.92 Å². The van der Waals surface area contributed by atoms with Gasteiger partial charge in [-0.25, -0.2) is 0 Å². The van der Waals surface area contributed by atoms with Gasteiger partial charge in [0.05, 0.1) is 20.1 Å². The first-order valence-corrected chi connectivity index (χ1v) is 7.20. The third-order valence-electron chi connectivity index (χ3n) is 4.03. The van der Waals surface area contributed by atoms with E-state index in [4.69, 9.17) is 9.47 Å². The molecule has 0 radical (unpaired) electrons. The molecule has 0 saturated heterocycles. The van der Waals surface area contributed by atoms with Gasteiger partial charge in [-0.2, -0.15) is 0 Å². The predicted molar refractivity (Wildman–Crippen MR) is 81.1 cm³/mol. The van der Waals surface area contributed by atoms with Crippen LogP contribution in [0.15, 0.2) is 24.3 Å². The van der Waals surface area contributed by atoms with Crippen molar-refractivity contribution >= 4 is 5.97 Å². The fraction of sp³-hybridized carbons (Fsp3) is 0.471. The molecule has 0 fully saturated rings. The van der Waals surface area contributed by atoms with E-state index in [1.807, 2.05) is 19.1 Å². The molecule has 2 rings (SSSR count). The third kappa shape index (κ3) is 3.20. The predicted octanol–water partition coefficient (Wildman–Crippen LogP) is 3.54. The number of aryl methyl sites for hydroxylation is 1. The first-order valence-electron chi connectivity index (χ1n) is 7.20. The summed E-state index contributed by atoms with van der Waals surface area (Å²) in [5, 5.41) is 9.65. The van der Waals surface area contributed by atoms with E-state index in [1.165, 1.54) is 0 Å². The first-order chi connectivity index (χ1) is 10.1. The number of aliphatic carboxylic acids is 1. The second-order valence-electron chi connectivity index (χ2n) is 5.41. The summed E-state index contributed by atoms with van der Waals surface area (Å²) in [6, 6.07) is 3.68. The molecule has 0 heterocycles. The largest absolute Gasteiger partial charge is 0.493 e. The van der Waals surface area contributed by atoms with Crippen molar-refractivity contribution < 1.29 is 19.4 Å². The monoisotopic (exact) mass is 290 g/mol. The minimum absolute atomic E-state index is 0.0359. The molecular formula is C17H22O4. The Morgan fingerprint density at radius 3 is 2.62 bits per heavy atom. The van der Waals surface area contributed by atoms with Crippen LogP contribution in [0, 0.1) is 12.8 Å². The SMILES string of the molecule is COc1cc([C@@H](C(=O)O)C2C=CCCC2)cc(C)c1OC. The molecule has 1 unspecified atom stereocenters. The van der Waals surface area contributed by atoms with Gasteiger partial charge in [0.15, 0.2) is 11.5 Å². The maximum absolute atomic E-state index is 11.8. The van der Waals surface area contributed by atoms with E-state index in [0.29, 0.717) is 11.5 Å². The minimum atomic E-state index is -0.793. The quantitative estimate of drug-likeness (QED) is 0.843. The number of rotatable bonds is 5. The molecular weight excluding hydrogens is 268 g/mol. The molecule has 1 aromatic rings. The lowest BCUT2D eigenvalue weighted by Crippen LogP contribution is -2.21. The highest BCUT2D eigenvalue weighted by molar-refractivity contribution is 5.77. The Hall–Kier alpha value is -1.97. The summed E-state index contributed by atoms with van der Waals surface area (Å²) in [6.07, 6.45) is 7.10. The zero-order chi connectivity index (χ0) is 15.4. The van der Waals surface area contributed by atoms with E-state index in [9.17, 15) is 9.90 Å². The molecule has 4 heteroatoms. The van der Waals surface area contributed by atoms with Crippen molar-refractivity contribution in [2.24, 2.45) is 5.92 Å². The van der Waals surface area contributed by atoms with Crippen molar-refractivity contribution in [1.29, 1.82) is 0 Å². The molecule has 0 saturated carbocycles. The molecule has 0 bridgehead atoms. The molecule has 1 aliphatic carbocycles. The van der Waals surface area contributed by atoms with Gasteiger partial charge in [0.1, 0.15) is 0 Å².